The van der Waals surface area contributed by atoms with Crippen LogP contribution in [-0.2, 0) is 10.0 Å². The van der Waals surface area contributed by atoms with Crippen molar-refractivity contribution in [1.29, 1.82) is 0 Å². The molecular formula is C11H15BrN2O3S. The standard InChI is InChI=1S/C11H15BrN2O3S/c1-17-10-3-2-9(12)8-11(10)18(15,16)14-6-4-13-5-7-14/h2-3,8,13H,4-7H2,1H3. The normalized spacial score (nSPS) is 17.7. The van der Waals surface area contributed by atoms with Crippen molar-refractivity contribution in [1.82, 2.24) is 9.62 Å². The fraction of sp³-hybridized carbons (Fsp3) is 0.455. The van der Waals surface area contributed by atoms with E-state index in [1.807, 2.05) is 0 Å². The van der Waals surface area contributed by atoms with Crippen LogP contribution in [0, 0.1) is 0 Å². The summed E-state index contributed by atoms with van der Waals surface area (Å²) in [4.78, 5) is 0.210. The van der Waals surface area contributed by atoms with Crippen molar-refractivity contribution < 1.29 is 13.2 Å². The third-order valence-electron chi connectivity index (χ3n) is 2.82. The lowest BCUT2D eigenvalue weighted by atomic mass is 10.3. The summed E-state index contributed by atoms with van der Waals surface area (Å²) >= 11 is 3.29. The fourth-order valence-corrected chi connectivity index (χ4v) is 4.01. The van der Waals surface area contributed by atoms with Crippen LogP contribution in [0.1, 0.15) is 0 Å². The second kappa shape index (κ2) is 5.56. The monoisotopic (exact) mass is 334 g/mol. The first-order valence-electron chi connectivity index (χ1n) is 5.60. The second-order valence-corrected chi connectivity index (χ2v) is 6.77. The van der Waals surface area contributed by atoms with Crippen molar-refractivity contribution in [3.05, 3.63) is 22.7 Å². The first-order valence-corrected chi connectivity index (χ1v) is 7.83. The molecule has 0 unspecified atom stereocenters. The number of hydrogen-bond acceptors (Lipinski definition) is 4. The number of sulfonamides is 1. The van der Waals surface area contributed by atoms with Crippen LogP contribution in [0.25, 0.3) is 0 Å². The molecule has 1 aliphatic rings. The molecule has 0 aromatic heterocycles. The van der Waals surface area contributed by atoms with Crippen molar-refractivity contribution >= 4 is 26.0 Å². The minimum atomic E-state index is -3.49. The van der Waals surface area contributed by atoms with Gasteiger partial charge in [0, 0.05) is 30.7 Å². The number of methoxy groups -OCH3 is 1. The third kappa shape index (κ3) is 2.69. The Balaban J connectivity index is 2.42. The summed E-state index contributed by atoms with van der Waals surface area (Å²) in [6, 6.07) is 4.99. The lowest BCUT2D eigenvalue weighted by Crippen LogP contribution is -2.46. The largest absolute Gasteiger partial charge is 0.495 e. The van der Waals surface area contributed by atoms with Gasteiger partial charge in [0.15, 0.2) is 0 Å². The fourth-order valence-electron chi connectivity index (χ4n) is 1.88. The van der Waals surface area contributed by atoms with Gasteiger partial charge in [0.2, 0.25) is 10.0 Å². The van der Waals surface area contributed by atoms with Crippen LogP contribution in [0.5, 0.6) is 5.75 Å². The van der Waals surface area contributed by atoms with E-state index in [0.717, 1.165) is 4.47 Å². The molecule has 1 N–H and O–H groups in total. The molecule has 1 saturated heterocycles. The Hall–Kier alpha value is -0.630. The number of rotatable bonds is 3. The van der Waals surface area contributed by atoms with Gasteiger partial charge >= 0.3 is 0 Å². The average molecular weight is 335 g/mol. The number of piperazine rings is 1. The van der Waals surface area contributed by atoms with E-state index in [1.54, 1.807) is 18.2 Å². The van der Waals surface area contributed by atoms with Crippen LogP contribution >= 0.6 is 15.9 Å². The molecule has 1 heterocycles. The lowest BCUT2D eigenvalue weighted by Gasteiger charge is -2.27. The highest BCUT2D eigenvalue weighted by molar-refractivity contribution is 9.10. The molecule has 0 aliphatic carbocycles. The van der Waals surface area contributed by atoms with Gasteiger partial charge in [-0.05, 0) is 18.2 Å². The maximum absolute atomic E-state index is 12.5. The Labute approximate surface area is 115 Å². The van der Waals surface area contributed by atoms with Gasteiger partial charge in [-0.2, -0.15) is 4.31 Å². The quantitative estimate of drug-likeness (QED) is 0.897. The molecule has 100 valence electrons. The van der Waals surface area contributed by atoms with Crippen LogP contribution in [0.2, 0.25) is 0 Å². The minimum Gasteiger partial charge on any atom is -0.495 e. The molecule has 2 rings (SSSR count). The van der Waals surface area contributed by atoms with E-state index in [4.69, 9.17) is 4.74 Å². The Morgan fingerprint density at radius 3 is 2.61 bits per heavy atom. The van der Waals surface area contributed by atoms with Crippen molar-refractivity contribution in [2.45, 2.75) is 4.90 Å². The first-order chi connectivity index (χ1) is 8.55. The van der Waals surface area contributed by atoms with Crippen molar-refractivity contribution in [2.24, 2.45) is 0 Å². The highest BCUT2D eigenvalue weighted by Gasteiger charge is 2.28. The summed E-state index contributed by atoms with van der Waals surface area (Å²) in [5, 5.41) is 3.13. The van der Waals surface area contributed by atoms with Crippen LogP contribution in [0.15, 0.2) is 27.6 Å². The Kier molecular flexibility index (Phi) is 4.26. The highest BCUT2D eigenvalue weighted by atomic mass is 79.9. The summed E-state index contributed by atoms with van der Waals surface area (Å²) in [6.45, 7) is 2.32. The number of nitrogens with zero attached hydrogens (tertiary/aromatic N) is 1. The Morgan fingerprint density at radius 2 is 2.00 bits per heavy atom. The number of ether oxygens (including phenoxy) is 1. The van der Waals surface area contributed by atoms with Crippen LogP contribution in [-0.4, -0.2) is 46.0 Å². The second-order valence-electron chi connectivity index (χ2n) is 3.95. The van der Waals surface area contributed by atoms with Gasteiger partial charge in [0.25, 0.3) is 0 Å². The maximum Gasteiger partial charge on any atom is 0.246 e. The molecular weight excluding hydrogens is 320 g/mol. The minimum absolute atomic E-state index is 0.210. The summed E-state index contributed by atoms with van der Waals surface area (Å²) in [7, 11) is -2.02. The molecule has 0 saturated carbocycles. The van der Waals surface area contributed by atoms with E-state index in [1.165, 1.54) is 11.4 Å². The summed E-state index contributed by atoms with van der Waals surface area (Å²) in [5.74, 6) is 0.372. The molecule has 1 aromatic carbocycles. The molecule has 5 nitrogen and oxygen atoms in total. The van der Waals surface area contributed by atoms with E-state index in [9.17, 15) is 8.42 Å². The zero-order valence-corrected chi connectivity index (χ0v) is 12.4. The lowest BCUT2D eigenvalue weighted by molar-refractivity contribution is 0.355. The van der Waals surface area contributed by atoms with E-state index in [0.29, 0.717) is 31.9 Å². The predicted octanol–water partition coefficient (Wildman–Crippen LogP) is 1.05. The summed E-state index contributed by atoms with van der Waals surface area (Å²) in [5.41, 5.74) is 0. The van der Waals surface area contributed by atoms with Gasteiger partial charge in [-0.25, -0.2) is 8.42 Å². The maximum atomic E-state index is 12.5. The SMILES string of the molecule is COc1ccc(Br)cc1S(=O)(=O)N1CCNCC1. The number of benzene rings is 1. The molecule has 0 spiro atoms. The molecule has 18 heavy (non-hydrogen) atoms. The molecule has 1 aromatic rings. The van der Waals surface area contributed by atoms with Gasteiger partial charge in [-0.3, -0.25) is 0 Å². The number of halogens is 1. The van der Waals surface area contributed by atoms with Gasteiger partial charge in [-0.1, -0.05) is 15.9 Å². The van der Waals surface area contributed by atoms with Crippen molar-refractivity contribution in [3.63, 3.8) is 0 Å². The predicted molar refractivity (Wildman–Crippen MR) is 72.3 cm³/mol. The van der Waals surface area contributed by atoms with Crippen molar-refractivity contribution in [2.75, 3.05) is 33.3 Å². The summed E-state index contributed by atoms with van der Waals surface area (Å²) < 4.78 is 32.4. The van der Waals surface area contributed by atoms with Gasteiger partial charge < -0.3 is 10.1 Å². The Morgan fingerprint density at radius 1 is 1.33 bits per heavy atom. The van der Waals surface area contributed by atoms with E-state index in [2.05, 4.69) is 21.2 Å². The summed E-state index contributed by atoms with van der Waals surface area (Å²) in [6.07, 6.45) is 0. The number of nitrogens with one attached hydrogen (secondary N) is 1. The van der Waals surface area contributed by atoms with Gasteiger partial charge in [0.05, 0.1) is 7.11 Å². The molecule has 7 heteroatoms. The molecule has 0 radical (unpaired) electrons. The molecule has 0 bridgehead atoms. The van der Waals surface area contributed by atoms with Crippen LogP contribution in [0.4, 0.5) is 0 Å². The van der Waals surface area contributed by atoms with E-state index in [-0.39, 0.29) is 4.90 Å². The zero-order valence-electron chi connectivity index (χ0n) is 10.0. The zero-order chi connectivity index (χ0) is 13.2. The molecule has 0 amide bonds. The van der Waals surface area contributed by atoms with Crippen molar-refractivity contribution in [3.8, 4) is 5.75 Å². The van der Waals surface area contributed by atoms with E-state index < -0.39 is 10.0 Å². The third-order valence-corrected chi connectivity index (χ3v) is 5.23. The first kappa shape index (κ1) is 13.8. The van der Waals surface area contributed by atoms with Crippen LogP contribution < -0.4 is 10.1 Å². The van der Waals surface area contributed by atoms with E-state index >= 15 is 0 Å². The molecule has 1 fully saturated rings. The highest BCUT2D eigenvalue weighted by Crippen LogP contribution is 2.29. The smallest absolute Gasteiger partial charge is 0.246 e. The molecule has 1 aliphatic heterocycles. The Bertz CT molecular complexity index is 527. The number of hydrogen-bond donors (Lipinski definition) is 1. The van der Waals surface area contributed by atoms with Gasteiger partial charge in [0.1, 0.15) is 10.6 Å². The average Bonchev–Trinajstić information content (AvgIpc) is 2.39. The van der Waals surface area contributed by atoms with Crippen LogP contribution in [0.3, 0.4) is 0 Å². The van der Waals surface area contributed by atoms with Gasteiger partial charge in [-0.15, -0.1) is 0 Å². The molecule has 0 atom stereocenters. The topological polar surface area (TPSA) is 58.6 Å².